The number of carbonyl (C=O) groups excluding carboxylic acids is 1. The number of carbonyl (C=O) groups is 1. The Morgan fingerprint density at radius 1 is 0.941 bits per heavy atom. The first-order chi connectivity index (χ1) is 16.5. The van der Waals surface area contributed by atoms with E-state index in [9.17, 15) is 9.59 Å². The first-order valence-corrected chi connectivity index (χ1v) is 10.0. The lowest BCUT2D eigenvalue weighted by molar-refractivity contribution is -0.117. The molecule has 0 atom stereocenters. The molecule has 4 aromatic rings. The van der Waals surface area contributed by atoms with Crippen LogP contribution < -0.4 is 25.1 Å². The molecule has 0 saturated heterocycles. The van der Waals surface area contributed by atoms with Crippen molar-refractivity contribution < 1.29 is 19.0 Å². The summed E-state index contributed by atoms with van der Waals surface area (Å²) in [6.45, 7) is -0.286. The zero-order valence-electron chi connectivity index (χ0n) is 18.6. The van der Waals surface area contributed by atoms with Crippen LogP contribution in [0.2, 0.25) is 0 Å². The zero-order chi connectivity index (χ0) is 24.1. The number of anilines is 1. The van der Waals surface area contributed by atoms with Crippen molar-refractivity contribution in [2.75, 3.05) is 26.6 Å². The average Bonchev–Trinajstić information content (AvgIpc) is 3.40. The minimum atomic E-state index is -0.438. The average molecular weight is 463 g/mol. The number of tetrazole rings is 1. The summed E-state index contributed by atoms with van der Waals surface area (Å²) in [6, 6.07) is 13.2. The molecule has 2 aromatic heterocycles. The zero-order valence-corrected chi connectivity index (χ0v) is 18.6. The number of hydrogen-bond acceptors (Lipinski definition) is 9. The predicted octanol–water partition coefficient (Wildman–Crippen LogP) is 1.55. The van der Waals surface area contributed by atoms with E-state index in [4.69, 9.17) is 14.2 Å². The summed E-state index contributed by atoms with van der Waals surface area (Å²) in [5, 5.41) is 18.2. The van der Waals surface area contributed by atoms with E-state index in [0.717, 1.165) is 4.68 Å². The van der Waals surface area contributed by atoms with Gasteiger partial charge in [-0.25, -0.2) is 4.68 Å². The maximum Gasteiger partial charge on any atom is 0.267 e. The van der Waals surface area contributed by atoms with Gasteiger partial charge in [0.2, 0.25) is 5.91 Å². The van der Waals surface area contributed by atoms with Crippen LogP contribution in [-0.2, 0) is 11.3 Å². The second-order valence-electron chi connectivity index (χ2n) is 6.97. The van der Waals surface area contributed by atoms with E-state index < -0.39 is 11.5 Å². The molecule has 0 bridgehead atoms. The fourth-order valence-corrected chi connectivity index (χ4v) is 3.27. The third kappa shape index (κ3) is 4.70. The molecule has 0 aliphatic heterocycles. The highest BCUT2D eigenvalue weighted by Crippen LogP contribution is 2.31. The third-order valence-corrected chi connectivity index (χ3v) is 4.90. The number of nitrogens with zero attached hydrogens (tertiary/aromatic N) is 6. The van der Waals surface area contributed by atoms with Gasteiger partial charge in [-0.1, -0.05) is 0 Å². The van der Waals surface area contributed by atoms with Crippen LogP contribution in [0.4, 0.5) is 5.69 Å². The molecule has 0 spiro atoms. The van der Waals surface area contributed by atoms with E-state index in [-0.39, 0.29) is 6.54 Å². The van der Waals surface area contributed by atoms with Crippen LogP contribution in [-0.4, -0.2) is 57.2 Å². The van der Waals surface area contributed by atoms with Gasteiger partial charge in [0.15, 0.2) is 11.5 Å². The molecular formula is C22H21N7O5. The normalized spacial score (nSPS) is 10.6. The first-order valence-electron chi connectivity index (χ1n) is 10.0. The molecule has 1 N–H and O–H groups in total. The maximum absolute atomic E-state index is 12.7. The van der Waals surface area contributed by atoms with Crippen LogP contribution in [0.1, 0.15) is 0 Å². The highest BCUT2D eigenvalue weighted by Gasteiger charge is 2.13. The van der Waals surface area contributed by atoms with Crippen molar-refractivity contribution in [3.8, 4) is 34.2 Å². The van der Waals surface area contributed by atoms with Gasteiger partial charge in [0.25, 0.3) is 5.56 Å². The van der Waals surface area contributed by atoms with Crippen molar-refractivity contribution in [3.63, 3.8) is 0 Å². The maximum atomic E-state index is 12.7. The summed E-state index contributed by atoms with van der Waals surface area (Å²) in [4.78, 5) is 25.0. The molecule has 4 rings (SSSR count). The van der Waals surface area contributed by atoms with E-state index in [2.05, 4.69) is 25.9 Å². The lowest BCUT2D eigenvalue weighted by atomic mass is 10.1. The molecule has 0 radical (unpaired) electrons. The standard InChI is InChI=1S/C22H21N7O5/c1-32-18-8-5-15(11-17(18)29-13-23-26-27-29)24-21(30)12-28-22(31)9-6-16(25-28)14-4-7-19(33-2)20(10-14)34-3/h4-11,13H,12H2,1-3H3,(H,24,30). The van der Waals surface area contributed by atoms with E-state index in [1.807, 2.05) is 0 Å². The number of methoxy groups -OCH3 is 3. The highest BCUT2D eigenvalue weighted by atomic mass is 16.5. The summed E-state index contributed by atoms with van der Waals surface area (Å²) >= 11 is 0. The molecule has 1 amide bonds. The Morgan fingerprint density at radius 2 is 1.71 bits per heavy atom. The first kappa shape index (κ1) is 22.5. The van der Waals surface area contributed by atoms with Crippen LogP contribution in [0.15, 0.2) is 59.7 Å². The number of rotatable bonds is 8. The fraction of sp³-hybridized carbons (Fsp3) is 0.182. The van der Waals surface area contributed by atoms with Gasteiger partial charge in [0.1, 0.15) is 24.3 Å². The number of aromatic nitrogens is 6. The predicted molar refractivity (Wildman–Crippen MR) is 121 cm³/mol. The summed E-state index contributed by atoms with van der Waals surface area (Å²) in [6.07, 6.45) is 1.41. The Bertz CT molecular complexity index is 1370. The van der Waals surface area contributed by atoms with E-state index >= 15 is 0 Å². The monoisotopic (exact) mass is 463 g/mol. The van der Waals surface area contributed by atoms with Crippen molar-refractivity contribution >= 4 is 11.6 Å². The largest absolute Gasteiger partial charge is 0.494 e. The molecule has 0 aliphatic rings. The molecule has 0 unspecified atom stereocenters. The van der Waals surface area contributed by atoms with Gasteiger partial charge >= 0.3 is 0 Å². The molecule has 34 heavy (non-hydrogen) atoms. The summed E-state index contributed by atoms with van der Waals surface area (Å²) in [5.41, 5.74) is 1.80. The van der Waals surface area contributed by atoms with Crippen molar-refractivity contribution in [2.45, 2.75) is 6.54 Å². The van der Waals surface area contributed by atoms with Crippen LogP contribution >= 0.6 is 0 Å². The van der Waals surface area contributed by atoms with Gasteiger partial charge in [0.05, 0.1) is 27.0 Å². The van der Waals surface area contributed by atoms with Gasteiger partial charge in [-0.3, -0.25) is 9.59 Å². The Balaban J connectivity index is 1.55. The summed E-state index contributed by atoms with van der Waals surface area (Å²) in [7, 11) is 4.60. The number of ether oxygens (including phenoxy) is 3. The molecule has 2 heterocycles. The van der Waals surface area contributed by atoms with Crippen molar-refractivity contribution in [2.24, 2.45) is 0 Å². The van der Waals surface area contributed by atoms with Crippen molar-refractivity contribution in [3.05, 3.63) is 65.2 Å². The Labute approximate surface area is 193 Å². The van der Waals surface area contributed by atoms with Crippen molar-refractivity contribution in [1.29, 1.82) is 0 Å². The number of benzene rings is 2. The molecule has 12 heteroatoms. The third-order valence-electron chi connectivity index (χ3n) is 4.90. The minimum absolute atomic E-state index is 0.286. The van der Waals surface area contributed by atoms with Gasteiger partial charge < -0.3 is 19.5 Å². The molecular weight excluding hydrogens is 442 g/mol. The molecule has 0 saturated carbocycles. The van der Waals surface area contributed by atoms with Crippen LogP contribution in [0, 0.1) is 0 Å². The van der Waals surface area contributed by atoms with E-state index in [0.29, 0.717) is 39.9 Å². The van der Waals surface area contributed by atoms with Gasteiger partial charge in [-0.2, -0.15) is 9.78 Å². The second-order valence-corrected chi connectivity index (χ2v) is 6.97. The number of nitrogens with one attached hydrogen (secondary N) is 1. The SMILES string of the molecule is COc1ccc(-c2ccc(=O)n(CC(=O)Nc3ccc(OC)c(-n4cnnn4)c3)n2)cc1OC. The summed E-state index contributed by atoms with van der Waals surface area (Å²) < 4.78 is 18.4. The van der Waals surface area contributed by atoms with Crippen LogP contribution in [0.3, 0.4) is 0 Å². The number of amides is 1. The quantitative estimate of drug-likeness (QED) is 0.413. The Kier molecular flexibility index (Phi) is 6.48. The number of hydrogen-bond donors (Lipinski definition) is 1. The smallest absolute Gasteiger partial charge is 0.267 e. The van der Waals surface area contributed by atoms with E-state index in [1.54, 1.807) is 49.6 Å². The minimum Gasteiger partial charge on any atom is -0.494 e. The Morgan fingerprint density at radius 3 is 2.41 bits per heavy atom. The van der Waals surface area contributed by atoms with Crippen LogP contribution in [0.5, 0.6) is 17.2 Å². The molecule has 12 nitrogen and oxygen atoms in total. The highest BCUT2D eigenvalue weighted by molar-refractivity contribution is 5.91. The molecule has 0 fully saturated rings. The van der Waals surface area contributed by atoms with Gasteiger partial charge in [-0.15, -0.1) is 5.10 Å². The van der Waals surface area contributed by atoms with Gasteiger partial charge in [-0.05, 0) is 52.9 Å². The molecule has 174 valence electrons. The Hall–Kier alpha value is -4.74. The molecule has 2 aromatic carbocycles. The second kappa shape index (κ2) is 9.81. The fourth-order valence-electron chi connectivity index (χ4n) is 3.27. The van der Waals surface area contributed by atoms with E-state index in [1.165, 1.54) is 31.3 Å². The molecule has 0 aliphatic carbocycles. The summed E-state index contributed by atoms with van der Waals surface area (Å²) in [5.74, 6) is 1.17. The lowest BCUT2D eigenvalue weighted by Crippen LogP contribution is -2.29. The van der Waals surface area contributed by atoms with Gasteiger partial charge in [0, 0.05) is 17.3 Å². The topological polar surface area (TPSA) is 135 Å². The lowest BCUT2D eigenvalue weighted by Gasteiger charge is -2.12. The van der Waals surface area contributed by atoms with Crippen molar-refractivity contribution in [1.82, 2.24) is 30.0 Å². The van der Waals surface area contributed by atoms with Crippen LogP contribution in [0.25, 0.3) is 16.9 Å².